The van der Waals surface area contributed by atoms with Crippen molar-refractivity contribution in [3.63, 3.8) is 0 Å². The summed E-state index contributed by atoms with van der Waals surface area (Å²) in [4.78, 5) is 24.2. The van der Waals surface area contributed by atoms with Crippen LogP contribution in [0.1, 0.15) is 21.5 Å². The highest BCUT2D eigenvalue weighted by molar-refractivity contribution is 6.09. The fourth-order valence-corrected chi connectivity index (χ4v) is 2.59. The van der Waals surface area contributed by atoms with E-state index in [1.54, 1.807) is 42.5 Å². The minimum Gasteiger partial charge on any atom is -0.508 e. The van der Waals surface area contributed by atoms with Gasteiger partial charge in [-0.2, -0.15) is 0 Å². The van der Waals surface area contributed by atoms with Crippen LogP contribution < -0.4 is 10.6 Å². The Kier molecular flexibility index (Phi) is 4.39. The summed E-state index contributed by atoms with van der Waals surface area (Å²) < 4.78 is 0. The van der Waals surface area contributed by atoms with E-state index in [-0.39, 0.29) is 5.75 Å². The molecular weight excluding hydrogens is 316 g/mol. The van der Waals surface area contributed by atoms with Crippen molar-refractivity contribution < 1.29 is 14.7 Å². The fraction of sp³-hybridized carbons (Fsp3) is 0.100. The summed E-state index contributed by atoms with van der Waals surface area (Å²) >= 11 is 0. The number of urea groups is 1. The third kappa shape index (κ3) is 3.61. The zero-order valence-electron chi connectivity index (χ0n) is 14.0. The van der Waals surface area contributed by atoms with Crippen LogP contribution in [0, 0.1) is 13.8 Å². The molecule has 3 aromatic carbocycles. The molecule has 0 saturated heterocycles. The maximum Gasteiger partial charge on any atom is 0.326 e. The molecule has 3 rings (SSSR count). The molecule has 0 aliphatic carbocycles. The zero-order valence-corrected chi connectivity index (χ0v) is 14.0. The Balaban J connectivity index is 1.74. The molecule has 0 bridgehead atoms. The van der Waals surface area contributed by atoms with E-state index in [0.29, 0.717) is 11.3 Å². The molecule has 0 heterocycles. The lowest BCUT2D eigenvalue weighted by Gasteiger charge is -2.09. The van der Waals surface area contributed by atoms with Crippen LogP contribution in [0.15, 0.2) is 54.6 Å². The number of hydrogen-bond acceptors (Lipinski definition) is 3. The van der Waals surface area contributed by atoms with E-state index in [9.17, 15) is 14.7 Å². The third-order valence-corrected chi connectivity index (χ3v) is 4.06. The largest absolute Gasteiger partial charge is 0.508 e. The van der Waals surface area contributed by atoms with Gasteiger partial charge in [0, 0.05) is 11.3 Å². The predicted molar refractivity (Wildman–Crippen MR) is 98.0 cm³/mol. The van der Waals surface area contributed by atoms with Crippen LogP contribution in [-0.4, -0.2) is 17.0 Å². The average molecular weight is 334 g/mol. The van der Waals surface area contributed by atoms with Crippen molar-refractivity contribution in [2.24, 2.45) is 0 Å². The Bertz CT molecular complexity index is 963. The first-order valence-electron chi connectivity index (χ1n) is 7.85. The van der Waals surface area contributed by atoms with Crippen molar-refractivity contribution in [3.05, 3.63) is 71.3 Å². The van der Waals surface area contributed by atoms with Gasteiger partial charge in [0.25, 0.3) is 5.91 Å². The molecule has 0 saturated carbocycles. The summed E-state index contributed by atoms with van der Waals surface area (Å²) in [6, 6.07) is 15.1. The summed E-state index contributed by atoms with van der Waals surface area (Å²) in [6.45, 7) is 3.76. The summed E-state index contributed by atoms with van der Waals surface area (Å²) in [6.07, 6.45) is 0. The second kappa shape index (κ2) is 6.65. The molecule has 0 aliphatic rings. The van der Waals surface area contributed by atoms with Crippen LogP contribution in [0.3, 0.4) is 0 Å². The molecule has 0 spiro atoms. The number of phenolic OH excluding ortho intramolecular Hbond substituents is 1. The first-order chi connectivity index (χ1) is 11.9. The van der Waals surface area contributed by atoms with Gasteiger partial charge in [-0.25, -0.2) is 4.79 Å². The molecule has 0 radical (unpaired) electrons. The van der Waals surface area contributed by atoms with Gasteiger partial charge in [-0.15, -0.1) is 0 Å². The van der Waals surface area contributed by atoms with Gasteiger partial charge in [-0.05, 0) is 60.5 Å². The van der Waals surface area contributed by atoms with Crippen molar-refractivity contribution in [2.75, 3.05) is 5.32 Å². The maximum atomic E-state index is 12.3. The van der Waals surface area contributed by atoms with Crippen molar-refractivity contribution >= 4 is 28.4 Å². The number of benzene rings is 3. The number of phenols is 1. The number of aryl methyl sites for hydroxylation is 2. The van der Waals surface area contributed by atoms with Crippen LogP contribution >= 0.6 is 0 Å². The molecule has 5 heteroatoms. The van der Waals surface area contributed by atoms with E-state index in [4.69, 9.17) is 0 Å². The van der Waals surface area contributed by atoms with Crippen LogP contribution in [0.2, 0.25) is 0 Å². The van der Waals surface area contributed by atoms with Gasteiger partial charge >= 0.3 is 6.03 Å². The summed E-state index contributed by atoms with van der Waals surface area (Å²) in [7, 11) is 0. The SMILES string of the molecule is Cc1ccc(NC(=O)NC(=O)c2ccc3c(C)c(O)ccc3c2)cc1. The smallest absolute Gasteiger partial charge is 0.326 e. The normalized spacial score (nSPS) is 10.5. The van der Waals surface area contributed by atoms with Gasteiger partial charge in [-0.1, -0.05) is 29.8 Å². The average Bonchev–Trinajstić information content (AvgIpc) is 2.60. The number of anilines is 1. The standard InChI is InChI=1S/C20H18N2O3/c1-12-3-7-16(8-4-12)21-20(25)22-19(24)15-5-9-17-13(2)18(23)10-6-14(17)11-15/h3-11,23H,1-2H3,(H2,21,22,24,25). The van der Waals surface area contributed by atoms with E-state index in [2.05, 4.69) is 10.6 Å². The number of carbonyl (C=O) groups is 2. The highest BCUT2D eigenvalue weighted by Crippen LogP contribution is 2.26. The fourth-order valence-electron chi connectivity index (χ4n) is 2.59. The lowest BCUT2D eigenvalue weighted by Crippen LogP contribution is -2.34. The zero-order chi connectivity index (χ0) is 18.0. The Morgan fingerprint density at radius 1 is 0.920 bits per heavy atom. The number of rotatable bonds is 2. The first-order valence-corrected chi connectivity index (χ1v) is 7.85. The number of imide groups is 1. The van der Waals surface area contributed by atoms with Gasteiger partial charge in [0.15, 0.2) is 0 Å². The predicted octanol–water partition coefficient (Wildman–Crippen LogP) is 4.12. The molecule has 126 valence electrons. The Labute approximate surface area is 145 Å². The van der Waals surface area contributed by atoms with Crippen molar-refractivity contribution in [2.45, 2.75) is 13.8 Å². The van der Waals surface area contributed by atoms with Crippen molar-refractivity contribution in [1.82, 2.24) is 5.32 Å². The number of aromatic hydroxyl groups is 1. The number of amides is 3. The minimum atomic E-state index is -0.587. The summed E-state index contributed by atoms with van der Waals surface area (Å²) in [5.41, 5.74) is 2.82. The Morgan fingerprint density at radius 3 is 2.36 bits per heavy atom. The second-order valence-electron chi connectivity index (χ2n) is 5.92. The number of hydrogen-bond donors (Lipinski definition) is 3. The van der Waals surface area contributed by atoms with Gasteiger partial charge in [0.2, 0.25) is 0 Å². The second-order valence-corrected chi connectivity index (χ2v) is 5.92. The van der Waals surface area contributed by atoms with E-state index >= 15 is 0 Å². The molecular formula is C20H18N2O3. The van der Waals surface area contributed by atoms with Crippen LogP contribution in [-0.2, 0) is 0 Å². The molecule has 0 unspecified atom stereocenters. The minimum absolute atomic E-state index is 0.210. The maximum absolute atomic E-state index is 12.3. The number of nitrogens with one attached hydrogen (secondary N) is 2. The molecule has 3 amide bonds. The lowest BCUT2D eigenvalue weighted by molar-refractivity contribution is 0.0967. The number of carbonyl (C=O) groups excluding carboxylic acids is 2. The topological polar surface area (TPSA) is 78.4 Å². The van der Waals surface area contributed by atoms with Gasteiger partial charge in [-0.3, -0.25) is 10.1 Å². The molecule has 0 fully saturated rings. The molecule has 0 aliphatic heterocycles. The molecule has 25 heavy (non-hydrogen) atoms. The molecule has 0 aromatic heterocycles. The molecule has 3 aromatic rings. The van der Waals surface area contributed by atoms with Crippen LogP contribution in [0.25, 0.3) is 10.8 Å². The Morgan fingerprint density at radius 2 is 1.64 bits per heavy atom. The summed E-state index contributed by atoms with van der Waals surface area (Å²) in [5, 5.41) is 16.4. The highest BCUT2D eigenvalue weighted by Gasteiger charge is 2.12. The van der Waals surface area contributed by atoms with Crippen molar-refractivity contribution in [3.8, 4) is 5.75 Å². The molecule has 3 N–H and O–H groups in total. The van der Waals surface area contributed by atoms with Crippen molar-refractivity contribution in [1.29, 1.82) is 0 Å². The lowest BCUT2D eigenvalue weighted by atomic mass is 10.0. The molecule has 0 atom stereocenters. The summed E-state index contributed by atoms with van der Waals surface area (Å²) in [5.74, 6) is -0.278. The van der Waals surface area contributed by atoms with Gasteiger partial charge < -0.3 is 10.4 Å². The van der Waals surface area contributed by atoms with E-state index in [1.807, 2.05) is 26.0 Å². The van der Waals surface area contributed by atoms with Gasteiger partial charge in [0.05, 0.1) is 0 Å². The highest BCUT2D eigenvalue weighted by atomic mass is 16.3. The van der Waals surface area contributed by atoms with E-state index < -0.39 is 11.9 Å². The Hall–Kier alpha value is -3.34. The van der Waals surface area contributed by atoms with Crippen LogP contribution in [0.4, 0.5) is 10.5 Å². The third-order valence-electron chi connectivity index (χ3n) is 4.06. The van der Waals surface area contributed by atoms with E-state index in [0.717, 1.165) is 21.9 Å². The monoisotopic (exact) mass is 334 g/mol. The van der Waals surface area contributed by atoms with Crippen LogP contribution in [0.5, 0.6) is 5.75 Å². The molecule has 5 nitrogen and oxygen atoms in total. The quantitative estimate of drug-likeness (QED) is 0.659. The van der Waals surface area contributed by atoms with Gasteiger partial charge in [0.1, 0.15) is 5.75 Å². The first kappa shape index (κ1) is 16.5. The number of fused-ring (bicyclic) bond motifs is 1. The van der Waals surface area contributed by atoms with E-state index in [1.165, 1.54) is 0 Å².